The van der Waals surface area contributed by atoms with E-state index in [1.54, 1.807) is 0 Å². The first-order chi connectivity index (χ1) is 16.5. The standard InChI is InChI=1S/C29H41N3O2/c1-24(2)23-34-27-11-7-6-10-26(27)22-31-18-13-29(14-19-31)15-20-32(21-16-29)28(33)30-17-12-25-8-4-3-5-9-25/h3-11,24H,12-23H2,1-2H3,(H,30,33). The molecule has 0 bridgehead atoms. The van der Waals surface area contributed by atoms with Gasteiger partial charge in [0.15, 0.2) is 0 Å². The van der Waals surface area contributed by atoms with Gasteiger partial charge in [-0.2, -0.15) is 0 Å². The Labute approximate surface area is 205 Å². The highest BCUT2D eigenvalue weighted by Gasteiger charge is 2.38. The maximum Gasteiger partial charge on any atom is 0.317 e. The number of carbonyl (C=O) groups is 1. The average molecular weight is 464 g/mol. The maximum absolute atomic E-state index is 12.6. The van der Waals surface area contributed by atoms with Crippen molar-refractivity contribution in [2.24, 2.45) is 11.3 Å². The van der Waals surface area contributed by atoms with E-state index in [9.17, 15) is 4.79 Å². The molecule has 2 saturated heterocycles. The molecule has 2 heterocycles. The molecule has 184 valence electrons. The number of likely N-dealkylation sites (tertiary alicyclic amines) is 2. The predicted octanol–water partition coefficient (Wildman–Crippen LogP) is 5.35. The summed E-state index contributed by atoms with van der Waals surface area (Å²) in [7, 11) is 0. The van der Waals surface area contributed by atoms with Crippen molar-refractivity contribution in [2.75, 3.05) is 39.3 Å². The molecule has 2 fully saturated rings. The molecule has 5 nitrogen and oxygen atoms in total. The number of nitrogens with one attached hydrogen (secondary N) is 1. The number of hydrogen-bond acceptors (Lipinski definition) is 3. The van der Waals surface area contributed by atoms with Gasteiger partial charge in [-0.05, 0) is 68.2 Å². The minimum atomic E-state index is 0.0984. The molecule has 2 aliphatic heterocycles. The fraction of sp³-hybridized carbons (Fsp3) is 0.552. The molecule has 0 saturated carbocycles. The van der Waals surface area contributed by atoms with Crippen molar-refractivity contribution in [1.82, 2.24) is 15.1 Å². The number of piperidine rings is 2. The van der Waals surface area contributed by atoms with E-state index in [2.05, 4.69) is 60.5 Å². The van der Waals surface area contributed by atoms with Crippen molar-refractivity contribution < 1.29 is 9.53 Å². The van der Waals surface area contributed by atoms with Gasteiger partial charge in [-0.25, -0.2) is 4.79 Å². The molecule has 0 aliphatic carbocycles. The second-order valence-electron chi connectivity index (χ2n) is 10.5. The third-order valence-corrected chi connectivity index (χ3v) is 7.50. The summed E-state index contributed by atoms with van der Waals surface area (Å²) in [6, 6.07) is 18.9. The first-order valence-electron chi connectivity index (χ1n) is 13.0. The summed E-state index contributed by atoms with van der Waals surface area (Å²) in [4.78, 5) is 17.2. The normalized spacial score (nSPS) is 18.3. The molecule has 2 amide bonds. The molecular weight excluding hydrogens is 422 g/mol. The van der Waals surface area contributed by atoms with Crippen LogP contribution in [0.15, 0.2) is 54.6 Å². The van der Waals surface area contributed by atoms with Crippen molar-refractivity contribution in [3.8, 4) is 5.75 Å². The Hall–Kier alpha value is -2.53. The van der Waals surface area contributed by atoms with Crippen LogP contribution in [0.25, 0.3) is 0 Å². The number of ether oxygens (including phenoxy) is 1. The van der Waals surface area contributed by atoms with Crippen molar-refractivity contribution in [1.29, 1.82) is 0 Å². The Morgan fingerprint density at radius 3 is 2.29 bits per heavy atom. The first-order valence-corrected chi connectivity index (χ1v) is 13.0. The second-order valence-corrected chi connectivity index (χ2v) is 10.5. The summed E-state index contributed by atoms with van der Waals surface area (Å²) in [5, 5.41) is 3.12. The number of para-hydroxylation sites is 1. The summed E-state index contributed by atoms with van der Waals surface area (Å²) >= 11 is 0. The lowest BCUT2D eigenvalue weighted by Crippen LogP contribution is -2.50. The third kappa shape index (κ3) is 6.75. The zero-order chi connectivity index (χ0) is 23.8. The van der Waals surface area contributed by atoms with E-state index in [0.29, 0.717) is 17.9 Å². The predicted molar refractivity (Wildman–Crippen MR) is 138 cm³/mol. The fourth-order valence-electron chi connectivity index (χ4n) is 5.21. The van der Waals surface area contributed by atoms with Gasteiger partial charge < -0.3 is 15.0 Å². The number of benzene rings is 2. The quantitative estimate of drug-likeness (QED) is 0.574. The SMILES string of the molecule is CC(C)COc1ccccc1CN1CCC2(CC1)CCN(C(=O)NCCc1ccccc1)CC2. The Morgan fingerprint density at radius 1 is 0.941 bits per heavy atom. The maximum atomic E-state index is 12.6. The van der Waals surface area contributed by atoms with Gasteiger partial charge in [0.1, 0.15) is 5.75 Å². The summed E-state index contributed by atoms with van der Waals surface area (Å²) in [5.74, 6) is 1.56. The molecule has 1 N–H and O–H groups in total. The van der Waals surface area contributed by atoms with Crippen LogP contribution in [0.5, 0.6) is 5.75 Å². The van der Waals surface area contributed by atoms with Gasteiger partial charge in [-0.15, -0.1) is 0 Å². The van der Waals surface area contributed by atoms with E-state index in [1.165, 1.54) is 24.0 Å². The number of urea groups is 1. The Kier molecular flexibility index (Phi) is 8.49. The summed E-state index contributed by atoms with van der Waals surface area (Å²) < 4.78 is 6.07. The number of carbonyl (C=O) groups excluding carboxylic acids is 1. The molecule has 0 unspecified atom stereocenters. The number of nitrogens with zero attached hydrogens (tertiary/aromatic N) is 2. The number of rotatable bonds is 8. The van der Waals surface area contributed by atoms with E-state index in [4.69, 9.17) is 4.74 Å². The number of amides is 2. The first kappa shape index (κ1) is 24.6. The van der Waals surface area contributed by atoms with Crippen molar-refractivity contribution in [3.05, 3.63) is 65.7 Å². The van der Waals surface area contributed by atoms with Gasteiger partial charge >= 0.3 is 6.03 Å². The molecule has 1 spiro atoms. The summed E-state index contributed by atoms with van der Waals surface area (Å²) in [5.41, 5.74) is 2.97. The molecule has 2 aromatic rings. The smallest absolute Gasteiger partial charge is 0.317 e. The lowest BCUT2D eigenvalue weighted by molar-refractivity contribution is 0.0421. The summed E-state index contributed by atoms with van der Waals surface area (Å²) in [6.45, 7) is 10.8. The van der Waals surface area contributed by atoms with Gasteiger partial charge in [0.05, 0.1) is 6.61 Å². The third-order valence-electron chi connectivity index (χ3n) is 7.50. The fourth-order valence-corrected chi connectivity index (χ4v) is 5.21. The molecule has 4 rings (SSSR count). The highest BCUT2D eigenvalue weighted by atomic mass is 16.5. The largest absolute Gasteiger partial charge is 0.493 e. The van der Waals surface area contributed by atoms with Crippen LogP contribution < -0.4 is 10.1 Å². The highest BCUT2D eigenvalue weighted by Crippen LogP contribution is 2.41. The van der Waals surface area contributed by atoms with Crippen LogP contribution in [0.1, 0.15) is 50.7 Å². The highest BCUT2D eigenvalue weighted by molar-refractivity contribution is 5.74. The molecule has 0 atom stereocenters. The van der Waals surface area contributed by atoms with Gasteiger partial charge in [-0.3, -0.25) is 4.90 Å². The van der Waals surface area contributed by atoms with E-state index in [-0.39, 0.29) is 6.03 Å². The van der Waals surface area contributed by atoms with Crippen LogP contribution in [0.2, 0.25) is 0 Å². The molecule has 34 heavy (non-hydrogen) atoms. The molecule has 0 radical (unpaired) electrons. The van der Waals surface area contributed by atoms with Crippen LogP contribution in [-0.2, 0) is 13.0 Å². The van der Waals surface area contributed by atoms with Gasteiger partial charge in [-0.1, -0.05) is 62.4 Å². The molecule has 2 aliphatic rings. The minimum Gasteiger partial charge on any atom is -0.493 e. The topological polar surface area (TPSA) is 44.8 Å². The Balaban J connectivity index is 1.19. The Bertz CT molecular complexity index is 897. The lowest BCUT2D eigenvalue weighted by atomic mass is 9.71. The molecule has 2 aromatic carbocycles. The van der Waals surface area contributed by atoms with Gasteiger partial charge in [0, 0.05) is 31.7 Å². The molecular formula is C29H41N3O2. The van der Waals surface area contributed by atoms with Crippen LogP contribution in [0, 0.1) is 11.3 Å². The van der Waals surface area contributed by atoms with E-state index in [0.717, 1.165) is 64.3 Å². The second kappa shape index (κ2) is 11.7. The van der Waals surface area contributed by atoms with Crippen LogP contribution in [0.3, 0.4) is 0 Å². The monoisotopic (exact) mass is 463 g/mol. The zero-order valence-corrected chi connectivity index (χ0v) is 21.0. The van der Waals surface area contributed by atoms with E-state index >= 15 is 0 Å². The van der Waals surface area contributed by atoms with Crippen LogP contribution in [-0.4, -0.2) is 55.2 Å². The van der Waals surface area contributed by atoms with Crippen LogP contribution >= 0.6 is 0 Å². The van der Waals surface area contributed by atoms with Crippen molar-refractivity contribution in [2.45, 2.75) is 52.5 Å². The average Bonchev–Trinajstić information content (AvgIpc) is 2.86. The molecule has 5 heteroatoms. The van der Waals surface area contributed by atoms with Crippen LogP contribution in [0.4, 0.5) is 4.79 Å². The zero-order valence-electron chi connectivity index (χ0n) is 21.0. The minimum absolute atomic E-state index is 0.0984. The number of hydrogen-bond donors (Lipinski definition) is 1. The van der Waals surface area contributed by atoms with Gasteiger partial charge in [0.2, 0.25) is 0 Å². The van der Waals surface area contributed by atoms with E-state index < -0.39 is 0 Å². The van der Waals surface area contributed by atoms with Crippen molar-refractivity contribution >= 4 is 6.03 Å². The van der Waals surface area contributed by atoms with Crippen molar-refractivity contribution in [3.63, 3.8) is 0 Å². The summed E-state index contributed by atoms with van der Waals surface area (Å²) in [6.07, 6.45) is 5.59. The molecule has 0 aromatic heterocycles. The van der Waals surface area contributed by atoms with Gasteiger partial charge in [0.25, 0.3) is 0 Å². The Morgan fingerprint density at radius 2 is 1.59 bits per heavy atom. The van der Waals surface area contributed by atoms with E-state index in [1.807, 2.05) is 23.1 Å². The lowest BCUT2D eigenvalue weighted by Gasteiger charge is -2.47.